The minimum atomic E-state index is -0.274. The molecule has 1 aromatic carbocycles. The van der Waals surface area contributed by atoms with Gasteiger partial charge in [-0.1, -0.05) is 25.1 Å². The lowest BCUT2D eigenvalue weighted by molar-refractivity contribution is 0.382. The molecule has 4 heteroatoms. The average Bonchev–Trinajstić information content (AvgIpc) is 2.50. The van der Waals surface area contributed by atoms with Gasteiger partial charge in [0.1, 0.15) is 0 Å². The summed E-state index contributed by atoms with van der Waals surface area (Å²) in [5.74, 6) is 0.0181. The van der Waals surface area contributed by atoms with Crippen LogP contribution < -0.4 is 10.1 Å². The molecule has 0 radical (unpaired) electrons. The van der Waals surface area contributed by atoms with Crippen LogP contribution in [0.25, 0.3) is 0 Å². The molecule has 1 aromatic heterocycles. The highest BCUT2D eigenvalue weighted by Gasteiger charge is 2.15. The van der Waals surface area contributed by atoms with Gasteiger partial charge in [-0.3, -0.25) is 4.98 Å². The summed E-state index contributed by atoms with van der Waals surface area (Å²) in [6, 6.07) is 11.3. The fourth-order valence-corrected chi connectivity index (χ4v) is 2.41. The number of nitrogens with zero attached hydrogens (tertiary/aromatic N) is 1. The van der Waals surface area contributed by atoms with Crippen molar-refractivity contribution in [3.8, 4) is 5.75 Å². The molecule has 21 heavy (non-hydrogen) atoms. The number of rotatable bonds is 7. The molecule has 0 amide bonds. The van der Waals surface area contributed by atoms with E-state index >= 15 is 0 Å². The quantitative estimate of drug-likeness (QED) is 0.850. The van der Waals surface area contributed by atoms with Crippen LogP contribution in [0.4, 0.5) is 4.39 Å². The standard InChI is InChI=1S/C17H21FN2O/c1-3-19-15(12-14-8-4-5-10-20-14)11-13-7-6-9-16(21-2)17(13)18/h4-10,15,19H,3,11-12H2,1-2H3. The van der Waals surface area contributed by atoms with Gasteiger partial charge < -0.3 is 10.1 Å². The zero-order valence-corrected chi connectivity index (χ0v) is 12.5. The van der Waals surface area contributed by atoms with Gasteiger partial charge in [0.05, 0.1) is 7.11 Å². The summed E-state index contributed by atoms with van der Waals surface area (Å²) in [7, 11) is 1.48. The fraction of sp³-hybridized carbons (Fsp3) is 0.353. The van der Waals surface area contributed by atoms with E-state index in [2.05, 4.69) is 10.3 Å². The second-order valence-corrected chi connectivity index (χ2v) is 4.92. The lowest BCUT2D eigenvalue weighted by Gasteiger charge is -2.18. The van der Waals surface area contributed by atoms with E-state index in [1.165, 1.54) is 7.11 Å². The molecular formula is C17H21FN2O. The number of hydrogen-bond acceptors (Lipinski definition) is 3. The van der Waals surface area contributed by atoms with Gasteiger partial charge in [-0.15, -0.1) is 0 Å². The van der Waals surface area contributed by atoms with E-state index < -0.39 is 0 Å². The SMILES string of the molecule is CCNC(Cc1ccccn1)Cc1cccc(OC)c1F. The maximum Gasteiger partial charge on any atom is 0.168 e. The Labute approximate surface area is 125 Å². The minimum Gasteiger partial charge on any atom is -0.494 e. The van der Waals surface area contributed by atoms with Crippen LogP contribution in [0, 0.1) is 5.82 Å². The van der Waals surface area contributed by atoms with Crippen LogP contribution in [0.1, 0.15) is 18.2 Å². The number of halogens is 1. The molecule has 0 aliphatic heterocycles. The Morgan fingerprint density at radius 3 is 2.71 bits per heavy atom. The van der Waals surface area contributed by atoms with E-state index in [-0.39, 0.29) is 11.9 Å². The van der Waals surface area contributed by atoms with Gasteiger partial charge in [-0.05, 0) is 36.7 Å². The number of ether oxygens (including phenoxy) is 1. The largest absolute Gasteiger partial charge is 0.494 e. The summed E-state index contributed by atoms with van der Waals surface area (Å²) < 4.78 is 19.3. The highest BCUT2D eigenvalue weighted by atomic mass is 19.1. The van der Waals surface area contributed by atoms with Crippen LogP contribution in [0.2, 0.25) is 0 Å². The molecule has 0 bridgehead atoms. The van der Waals surface area contributed by atoms with E-state index in [0.717, 1.165) is 18.7 Å². The van der Waals surface area contributed by atoms with Gasteiger partial charge in [-0.2, -0.15) is 0 Å². The van der Waals surface area contributed by atoms with E-state index in [9.17, 15) is 4.39 Å². The maximum atomic E-state index is 14.2. The molecule has 112 valence electrons. The summed E-state index contributed by atoms with van der Waals surface area (Å²) in [6.45, 7) is 2.89. The Bertz CT molecular complexity index is 560. The molecule has 0 saturated carbocycles. The molecule has 0 spiro atoms. The molecule has 1 N–H and O–H groups in total. The third-order valence-electron chi connectivity index (χ3n) is 3.40. The van der Waals surface area contributed by atoms with Crippen molar-refractivity contribution in [3.63, 3.8) is 0 Å². The van der Waals surface area contributed by atoms with Crippen molar-refractivity contribution in [1.82, 2.24) is 10.3 Å². The molecule has 0 aliphatic carbocycles. The van der Waals surface area contributed by atoms with Crippen molar-refractivity contribution >= 4 is 0 Å². The first-order valence-corrected chi connectivity index (χ1v) is 7.19. The van der Waals surface area contributed by atoms with Gasteiger partial charge in [0.15, 0.2) is 11.6 Å². The highest BCUT2D eigenvalue weighted by molar-refractivity contribution is 5.31. The first-order valence-electron chi connectivity index (χ1n) is 7.19. The van der Waals surface area contributed by atoms with E-state index in [4.69, 9.17) is 4.74 Å². The molecule has 0 fully saturated rings. The number of methoxy groups -OCH3 is 1. The molecule has 1 unspecified atom stereocenters. The molecular weight excluding hydrogens is 267 g/mol. The average molecular weight is 288 g/mol. The number of nitrogens with one attached hydrogen (secondary N) is 1. The number of benzene rings is 1. The van der Waals surface area contributed by atoms with Crippen LogP contribution in [-0.2, 0) is 12.8 Å². The van der Waals surface area contributed by atoms with Crippen molar-refractivity contribution in [1.29, 1.82) is 0 Å². The zero-order valence-electron chi connectivity index (χ0n) is 12.5. The summed E-state index contributed by atoms with van der Waals surface area (Å²) in [6.07, 6.45) is 3.16. The second kappa shape index (κ2) is 7.74. The van der Waals surface area contributed by atoms with Crippen LogP contribution in [-0.4, -0.2) is 24.7 Å². The Hall–Kier alpha value is -1.94. The third-order valence-corrected chi connectivity index (χ3v) is 3.40. The van der Waals surface area contributed by atoms with Crippen molar-refractivity contribution in [2.24, 2.45) is 0 Å². The topological polar surface area (TPSA) is 34.2 Å². The van der Waals surface area contributed by atoms with E-state index in [1.54, 1.807) is 18.3 Å². The minimum absolute atomic E-state index is 0.145. The van der Waals surface area contributed by atoms with Gasteiger partial charge in [0.25, 0.3) is 0 Å². The molecule has 2 rings (SSSR count). The lowest BCUT2D eigenvalue weighted by Crippen LogP contribution is -2.33. The first kappa shape index (κ1) is 15.4. The molecule has 1 atom stereocenters. The molecule has 0 saturated heterocycles. The fourth-order valence-electron chi connectivity index (χ4n) is 2.41. The number of aromatic nitrogens is 1. The maximum absolute atomic E-state index is 14.2. The predicted octanol–water partition coefficient (Wildman–Crippen LogP) is 2.99. The van der Waals surface area contributed by atoms with Gasteiger partial charge in [-0.25, -0.2) is 4.39 Å². The van der Waals surface area contributed by atoms with Crippen molar-refractivity contribution in [2.45, 2.75) is 25.8 Å². The lowest BCUT2D eigenvalue weighted by atomic mass is 10.0. The molecule has 3 nitrogen and oxygen atoms in total. The third kappa shape index (κ3) is 4.26. The number of pyridine rings is 1. The van der Waals surface area contributed by atoms with Crippen LogP contribution in [0.5, 0.6) is 5.75 Å². The Kier molecular flexibility index (Phi) is 5.69. The summed E-state index contributed by atoms with van der Waals surface area (Å²) >= 11 is 0. The summed E-state index contributed by atoms with van der Waals surface area (Å²) in [5, 5.41) is 3.40. The van der Waals surface area contributed by atoms with Gasteiger partial charge >= 0.3 is 0 Å². The van der Waals surface area contributed by atoms with Gasteiger partial charge in [0, 0.05) is 24.4 Å². The number of likely N-dealkylation sites (N-methyl/N-ethyl adjacent to an activating group) is 1. The van der Waals surface area contributed by atoms with Crippen LogP contribution >= 0.6 is 0 Å². The van der Waals surface area contributed by atoms with E-state index in [1.807, 2.05) is 31.2 Å². The zero-order chi connectivity index (χ0) is 15.1. The summed E-state index contributed by atoms with van der Waals surface area (Å²) in [4.78, 5) is 4.34. The van der Waals surface area contributed by atoms with E-state index in [0.29, 0.717) is 17.7 Å². The smallest absolute Gasteiger partial charge is 0.168 e. The van der Waals surface area contributed by atoms with Crippen LogP contribution in [0.3, 0.4) is 0 Å². The second-order valence-electron chi connectivity index (χ2n) is 4.92. The summed E-state index contributed by atoms with van der Waals surface area (Å²) in [5.41, 5.74) is 1.67. The highest BCUT2D eigenvalue weighted by Crippen LogP contribution is 2.21. The predicted molar refractivity (Wildman–Crippen MR) is 82.1 cm³/mol. The number of hydrogen-bond donors (Lipinski definition) is 1. The van der Waals surface area contributed by atoms with Crippen molar-refractivity contribution in [2.75, 3.05) is 13.7 Å². The normalized spacial score (nSPS) is 12.1. The molecule has 0 aliphatic rings. The van der Waals surface area contributed by atoms with Crippen molar-refractivity contribution < 1.29 is 9.13 Å². The Morgan fingerprint density at radius 1 is 1.19 bits per heavy atom. The van der Waals surface area contributed by atoms with Gasteiger partial charge in [0.2, 0.25) is 0 Å². The Balaban J connectivity index is 2.13. The Morgan fingerprint density at radius 2 is 2.05 bits per heavy atom. The monoisotopic (exact) mass is 288 g/mol. The first-order chi connectivity index (χ1) is 10.2. The molecule has 2 aromatic rings. The van der Waals surface area contributed by atoms with Crippen molar-refractivity contribution in [3.05, 3.63) is 59.7 Å². The van der Waals surface area contributed by atoms with Crippen LogP contribution in [0.15, 0.2) is 42.6 Å². The molecule has 1 heterocycles.